The van der Waals surface area contributed by atoms with Gasteiger partial charge in [-0.2, -0.15) is 13.2 Å². The summed E-state index contributed by atoms with van der Waals surface area (Å²) >= 11 is 0. The first-order valence-corrected chi connectivity index (χ1v) is 11.2. The summed E-state index contributed by atoms with van der Waals surface area (Å²) in [5.74, 6) is -5.12. The third-order valence-corrected chi connectivity index (χ3v) is 7.11. The SMILES string of the molecule is O=c1cc(-c2cnc(C3CC(F)(F)C3)cc2[C@H]2CC[C@H](C(F)(F)F)CC2)[nH]c2ccnc(O)c12. The smallest absolute Gasteiger partial charge is 0.391 e. The average Bonchev–Trinajstić information content (AvgIpc) is 2.76. The highest BCUT2D eigenvalue weighted by Gasteiger charge is 2.47. The number of hydrogen-bond donors (Lipinski definition) is 2. The summed E-state index contributed by atoms with van der Waals surface area (Å²) in [7, 11) is 0. The largest absolute Gasteiger partial charge is 0.493 e. The van der Waals surface area contributed by atoms with Gasteiger partial charge in [-0.15, -0.1) is 0 Å². The summed E-state index contributed by atoms with van der Waals surface area (Å²) < 4.78 is 66.5. The van der Waals surface area contributed by atoms with Gasteiger partial charge in [0.15, 0.2) is 5.43 Å². The molecule has 0 aliphatic heterocycles. The van der Waals surface area contributed by atoms with E-state index >= 15 is 0 Å². The Morgan fingerprint density at radius 1 is 1.03 bits per heavy atom. The first-order chi connectivity index (χ1) is 16.0. The molecule has 180 valence electrons. The van der Waals surface area contributed by atoms with Gasteiger partial charge in [-0.25, -0.2) is 13.8 Å². The average molecular weight is 479 g/mol. The first-order valence-electron chi connectivity index (χ1n) is 11.2. The fourth-order valence-corrected chi connectivity index (χ4v) is 5.20. The fraction of sp³-hybridized carbons (Fsp3) is 0.458. The van der Waals surface area contributed by atoms with Gasteiger partial charge in [0.2, 0.25) is 11.8 Å². The number of hydrogen-bond acceptors (Lipinski definition) is 4. The molecule has 3 aromatic rings. The van der Waals surface area contributed by atoms with Gasteiger partial charge in [-0.05, 0) is 49.3 Å². The Balaban J connectivity index is 1.56. The molecule has 0 unspecified atom stereocenters. The molecule has 3 heterocycles. The Kier molecular flexibility index (Phi) is 5.37. The summed E-state index contributed by atoms with van der Waals surface area (Å²) in [6.07, 6.45) is -1.44. The number of rotatable bonds is 3. The number of alkyl halides is 5. The fourth-order valence-electron chi connectivity index (χ4n) is 5.20. The van der Waals surface area contributed by atoms with Crippen molar-refractivity contribution in [2.24, 2.45) is 5.92 Å². The monoisotopic (exact) mass is 479 g/mol. The molecule has 5 rings (SSSR count). The van der Waals surface area contributed by atoms with E-state index in [1.165, 1.54) is 24.5 Å². The minimum Gasteiger partial charge on any atom is -0.493 e. The van der Waals surface area contributed by atoms with Crippen molar-refractivity contribution in [1.82, 2.24) is 15.0 Å². The molecule has 0 atom stereocenters. The van der Waals surface area contributed by atoms with Crippen molar-refractivity contribution in [3.8, 4) is 17.1 Å². The minimum atomic E-state index is -4.24. The number of aromatic hydroxyl groups is 1. The highest BCUT2D eigenvalue weighted by molar-refractivity contribution is 5.85. The van der Waals surface area contributed by atoms with Crippen LogP contribution in [0.1, 0.15) is 61.6 Å². The van der Waals surface area contributed by atoms with Crippen molar-refractivity contribution in [3.63, 3.8) is 0 Å². The van der Waals surface area contributed by atoms with Crippen molar-refractivity contribution >= 4 is 10.9 Å². The molecule has 3 aromatic heterocycles. The van der Waals surface area contributed by atoms with Crippen LogP contribution in [0.15, 0.2) is 35.4 Å². The van der Waals surface area contributed by atoms with Crippen molar-refractivity contribution in [2.45, 2.75) is 62.5 Å². The van der Waals surface area contributed by atoms with Crippen LogP contribution < -0.4 is 5.43 Å². The molecule has 2 N–H and O–H groups in total. The molecule has 0 aromatic carbocycles. The molecule has 10 heteroatoms. The van der Waals surface area contributed by atoms with Crippen molar-refractivity contribution < 1.29 is 27.1 Å². The Morgan fingerprint density at radius 2 is 1.74 bits per heavy atom. The van der Waals surface area contributed by atoms with E-state index in [2.05, 4.69) is 15.0 Å². The molecule has 0 saturated heterocycles. The van der Waals surface area contributed by atoms with E-state index in [0.717, 1.165) is 0 Å². The molecule has 0 spiro atoms. The zero-order chi connectivity index (χ0) is 24.3. The summed E-state index contributed by atoms with van der Waals surface area (Å²) in [4.78, 5) is 23.9. The lowest BCUT2D eigenvalue weighted by atomic mass is 9.75. The number of nitrogens with zero attached hydrogens (tertiary/aromatic N) is 2. The molecule has 2 aliphatic rings. The maximum absolute atomic E-state index is 13.5. The van der Waals surface area contributed by atoms with E-state index in [9.17, 15) is 31.9 Å². The molecule has 2 saturated carbocycles. The van der Waals surface area contributed by atoms with Crippen LogP contribution in [0.2, 0.25) is 0 Å². The minimum absolute atomic E-state index is 0.0133. The zero-order valence-electron chi connectivity index (χ0n) is 18.0. The number of fused-ring (bicyclic) bond motifs is 1. The Bertz CT molecular complexity index is 1290. The van der Waals surface area contributed by atoms with E-state index < -0.39 is 35.2 Å². The number of H-pyrrole nitrogens is 1. The molecule has 2 aliphatic carbocycles. The van der Waals surface area contributed by atoms with Crippen LogP contribution >= 0.6 is 0 Å². The first kappa shape index (κ1) is 22.7. The standard InChI is InChI=1S/C24H22F5N3O2/c25-23(26)9-13(10-23)18-7-15(12-1-3-14(4-2-12)24(27,28)29)16(11-31-18)19-8-20(33)21-17(32-19)5-6-30-22(21)34/h5-8,11-14H,1-4,9-10H2,(H,30,34)(H,32,33)/t12-,14-. The number of halogens is 5. The van der Waals surface area contributed by atoms with Gasteiger partial charge in [-0.1, -0.05) is 0 Å². The van der Waals surface area contributed by atoms with Crippen molar-refractivity contribution in [3.05, 3.63) is 52.1 Å². The lowest BCUT2D eigenvalue weighted by Gasteiger charge is -2.35. The predicted molar refractivity (Wildman–Crippen MR) is 115 cm³/mol. The number of aromatic nitrogens is 3. The van der Waals surface area contributed by atoms with Crippen LogP contribution in [0.4, 0.5) is 22.0 Å². The van der Waals surface area contributed by atoms with Crippen LogP contribution in [0.5, 0.6) is 5.88 Å². The molecular formula is C24H22F5N3O2. The third kappa shape index (κ3) is 4.14. The highest BCUT2D eigenvalue weighted by atomic mass is 19.4. The molecule has 0 radical (unpaired) electrons. The van der Waals surface area contributed by atoms with Gasteiger partial charge in [0.1, 0.15) is 5.39 Å². The van der Waals surface area contributed by atoms with E-state index in [1.54, 1.807) is 6.07 Å². The van der Waals surface area contributed by atoms with E-state index in [1.807, 2.05) is 0 Å². The van der Waals surface area contributed by atoms with E-state index in [-0.39, 0.29) is 37.0 Å². The second-order valence-corrected chi connectivity index (χ2v) is 9.35. The molecule has 2 fully saturated rings. The van der Waals surface area contributed by atoms with Crippen LogP contribution in [0.25, 0.3) is 22.2 Å². The third-order valence-electron chi connectivity index (χ3n) is 7.11. The van der Waals surface area contributed by atoms with Gasteiger partial charge in [-0.3, -0.25) is 9.78 Å². The van der Waals surface area contributed by atoms with Gasteiger partial charge in [0, 0.05) is 48.5 Å². The zero-order valence-corrected chi connectivity index (χ0v) is 18.0. The number of pyridine rings is 3. The summed E-state index contributed by atoms with van der Waals surface area (Å²) in [5.41, 5.74) is 2.02. The number of nitrogens with one attached hydrogen (secondary N) is 1. The van der Waals surface area contributed by atoms with Crippen LogP contribution in [0, 0.1) is 5.92 Å². The number of aromatic amines is 1. The maximum atomic E-state index is 13.5. The second kappa shape index (κ2) is 8.02. The normalized spacial score (nSPS) is 23.1. The van der Waals surface area contributed by atoms with Crippen LogP contribution in [-0.2, 0) is 0 Å². The quantitative estimate of drug-likeness (QED) is 0.449. The van der Waals surface area contributed by atoms with Crippen LogP contribution in [-0.4, -0.2) is 32.2 Å². The van der Waals surface area contributed by atoms with Gasteiger partial charge in [0.05, 0.1) is 17.1 Å². The van der Waals surface area contributed by atoms with Crippen LogP contribution in [0.3, 0.4) is 0 Å². The Hall–Kier alpha value is -3.04. The lowest BCUT2D eigenvalue weighted by molar-refractivity contribution is -0.182. The lowest BCUT2D eigenvalue weighted by Crippen LogP contribution is -2.34. The second-order valence-electron chi connectivity index (χ2n) is 9.35. The Labute approximate surface area is 191 Å². The van der Waals surface area contributed by atoms with Crippen molar-refractivity contribution in [2.75, 3.05) is 0 Å². The summed E-state index contributed by atoms with van der Waals surface area (Å²) in [5, 5.41) is 9.97. The predicted octanol–water partition coefficient (Wildman–Crippen LogP) is 6.04. The highest BCUT2D eigenvalue weighted by Crippen LogP contribution is 2.50. The van der Waals surface area contributed by atoms with Gasteiger partial charge < -0.3 is 10.1 Å². The van der Waals surface area contributed by atoms with E-state index in [4.69, 9.17) is 0 Å². The van der Waals surface area contributed by atoms with Crippen molar-refractivity contribution in [1.29, 1.82) is 0 Å². The van der Waals surface area contributed by atoms with Gasteiger partial charge in [0.25, 0.3) is 0 Å². The summed E-state index contributed by atoms with van der Waals surface area (Å²) in [6, 6.07) is 4.55. The molecule has 5 nitrogen and oxygen atoms in total. The molecular weight excluding hydrogens is 457 g/mol. The maximum Gasteiger partial charge on any atom is 0.391 e. The Morgan fingerprint density at radius 3 is 2.38 bits per heavy atom. The van der Waals surface area contributed by atoms with Gasteiger partial charge >= 0.3 is 6.18 Å². The molecule has 34 heavy (non-hydrogen) atoms. The summed E-state index contributed by atoms with van der Waals surface area (Å²) in [6.45, 7) is 0. The van der Waals surface area contributed by atoms with E-state index in [0.29, 0.717) is 40.9 Å². The molecule has 0 amide bonds. The topological polar surface area (TPSA) is 78.9 Å². The molecule has 0 bridgehead atoms.